The minimum absolute atomic E-state index is 0.0641. The topological polar surface area (TPSA) is 75.6 Å². The monoisotopic (exact) mass is 251 g/mol. The number of ether oxygens (including phenoxy) is 1. The van der Waals surface area contributed by atoms with Crippen LogP contribution in [0.1, 0.15) is 42.6 Å². The number of anilines is 1. The molecule has 0 aliphatic carbocycles. The maximum absolute atomic E-state index is 11.3. The molecule has 0 saturated heterocycles. The third kappa shape index (κ3) is 3.48. The Balaban J connectivity index is 3.04. The summed E-state index contributed by atoms with van der Waals surface area (Å²) < 4.78 is 4.72. The average Bonchev–Trinajstić information content (AvgIpc) is 2.29. The van der Waals surface area contributed by atoms with Crippen molar-refractivity contribution in [3.63, 3.8) is 0 Å². The first-order chi connectivity index (χ1) is 8.45. The number of carboxylic acids is 1. The number of aromatic carboxylic acids is 1. The second kappa shape index (κ2) is 6.05. The molecule has 1 rings (SSSR count). The minimum Gasteiger partial charge on any atom is -0.478 e. The van der Waals surface area contributed by atoms with Crippen LogP contribution in [0.3, 0.4) is 0 Å². The lowest BCUT2D eigenvalue weighted by molar-refractivity contribution is 0.0698. The molecule has 0 saturated carbocycles. The molecular weight excluding hydrogens is 234 g/mol. The molecule has 0 aliphatic heterocycles. The molecule has 1 aromatic rings. The number of rotatable bonds is 4. The molecular formula is C13H17NO4. The smallest absolute Gasteiger partial charge is 0.411 e. The zero-order chi connectivity index (χ0) is 13.7. The molecule has 0 unspecified atom stereocenters. The Hall–Kier alpha value is -2.04. The van der Waals surface area contributed by atoms with Gasteiger partial charge in [-0.05, 0) is 30.5 Å². The predicted octanol–water partition coefficient (Wildman–Crippen LogP) is 3.08. The quantitative estimate of drug-likeness (QED) is 0.862. The fourth-order valence-electron chi connectivity index (χ4n) is 1.48. The van der Waals surface area contributed by atoms with Crippen molar-refractivity contribution in [2.24, 2.45) is 0 Å². The van der Waals surface area contributed by atoms with Crippen molar-refractivity contribution >= 4 is 17.7 Å². The highest BCUT2D eigenvalue weighted by atomic mass is 16.5. The van der Waals surface area contributed by atoms with Crippen molar-refractivity contribution in [2.45, 2.75) is 26.7 Å². The predicted molar refractivity (Wildman–Crippen MR) is 68.1 cm³/mol. The summed E-state index contributed by atoms with van der Waals surface area (Å²) in [6.07, 6.45) is -0.655. The van der Waals surface area contributed by atoms with Crippen molar-refractivity contribution < 1.29 is 19.4 Å². The summed E-state index contributed by atoms with van der Waals surface area (Å²) >= 11 is 0. The van der Waals surface area contributed by atoms with Gasteiger partial charge in [0.2, 0.25) is 0 Å². The van der Waals surface area contributed by atoms with Crippen LogP contribution < -0.4 is 5.32 Å². The summed E-state index contributed by atoms with van der Waals surface area (Å²) in [4.78, 5) is 22.4. The van der Waals surface area contributed by atoms with Gasteiger partial charge < -0.3 is 9.84 Å². The number of hydrogen-bond acceptors (Lipinski definition) is 3. The van der Waals surface area contributed by atoms with Gasteiger partial charge in [0, 0.05) is 0 Å². The van der Waals surface area contributed by atoms with E-state index in [-0.39, 0.29) is 23.8 Å². The molecule has 0 heterocycles. The molecule has 0 spiro atoms. The SMILES string of the molecule is CCOC(=O)Nc1ccc(C(C)C)cc1C(=O)O. The van der Waals surface area contributed by atoms with E-state index >= 15 is 0 Å². The van der Waals surface area contributed by atoms with Crippen molar-refractivity contribution in [1.29, 1.82) is 0 Å². The number of nitrogens with one attached hydrogen (secondary N) is 1. The summed E-state index contributed by atoms with van der Waals surface area (Å²) in [7, 11) is 0. The van der Waals surface area contributed by atoms with Crippen LogP contribution >= 0.6 is 0 Å². The maximum atomic E-state index is 11.3. The Morgan fingerprint density at radius 3 is 2.56 bits per heavy atom. The van der Waals surface area contributed by atoms with Gasteiger partial charge in [-0.1, -0.05) is 19.9 Å². The standard InChI is InChI=1S/C13H17NO4/c1-4-18-13(17)14-11-6-5-9(8(2)3)7-10(11)12(15)16/h5-8H,4H2,1-3H3,(H,14,17)(H,15,16). The first-order valence-electron chi connectivity index (χ1n) is 5.76. The van der Waals surface area contributed by atoms with Gasteiger partial charge in [0.25, 0.3) is 0 Å². The summed E-state index contributed by atoms with van der Waals surface area (Å²) in [6, 6.07) is 4.93. The lowest BCUT2D eigenvalue weighted by Gasteiger charge is -2.11. The van der Waals surface area contributed by atoms with Gasteiger partial charge in [-0.25, -0.2) is 9.59 Å². The maximum Gasteiger partial charge on any atom is 0.411 e. The molecule has 18 heavy (non-hydrogen) atoms. The van der Waals surface area contributed by atoms with Gasteiger partial charge in [0.05, 0.1) is 17.9 Å². The Kier molecular flexibility index (Phi) is 4.71. The molecule has 5 heteroatoms. The third-order valence-corrected chi connectivity index (χ3v) is 2.45. The number of carboxylic acid groups (broad SMARTS) is 1. The Morgan fingerprint density at radius 2 is 2.06 bits per heavy atom. The van der Waals surface area contributed by atoms with Crippen molar-refractivity contribution in [3.05, 3.63) is 29.3 Å². The van der Waals surface area contributed by atoms with Crippen molar-refractivity contribution in [1.82, 2.24) is 0 Å². The van der Waals surface area contributed by atoms with E-state index in [0.29, 0.717) is 0 Å². The lowest BCUT2D eigenvalue weighted by atomic mass is 10.00. The summed E-state index contributed by atoms with van der Waals surface area (Å²) in [6.45, 7) is 5.86. The number of benzene rings is 1. The van der Waals surface area contributed by atoms with Crippen LogP contribution in [0.15, 0.2) is 18.2 Å². The van der Waals surface area contributed by atoms with E-state index in [0.717, 1.165) is 5.56 Å². The first-order valence-corrected chi connectivity index (χ1v) is 5.76. The van der Waals surface area contributed by atoms with Crippen LogP contribution in [-0.2, 0) is 4.74 Å². The first kappa shape index (κ1) is 14.0. The highest BCUT2D eigenvalue weighted by Gasteiger charge is 2.14. The highest BCUT2D eigenvalue weighted by molar-refractivity contribution is 5.98. The largest absolute Gasteiger partial charge is 0.478 e. The fourth-order valence-corrected chi connectivity index (χ4v) is 1.48. The van der Waals surface area contributed by atoms with Gasteiger partial charge in [-0.15, -0.1) is 0 Å². The van der Waals surface area contributed by atoms with E-state index in [1.807, 2.05) is 13.8 Å². The molecule has 98 valence electrons. The summed E-state index contributed by atoms with van der Waals surface area (Å²) in [5.41, 5.74) is 1.21. The van der Waals surface area contributed by atoms with E-state index < -0.39 is 12.1 Å². The van der Waals surface area contributed by atoms with Crippen LogP contribution in [-0.4, -0.2) is 23.8 Å². The summed E-state index contributed by atoms with van der Waals surface area (Å²) in [5.74, 6) is -0.857. The molecule has 0 fully saturated rings. The second-order valence-corrected chi connectivity index (χ2v) is 4.11. The number of hydrogen-bond donors (Lipinski definition) is 2. The van der Waals surface area contributed by atoms with Crippen molar-refractivity contribution in [3.8, 4) is 0 Å². The number of amides is 1. The molecule has 0 radical (unpaired) electrons. The molecule has 0 aromatic heterocycles. The van der Waals surface area contributed by atoms with Gasteiger partial charge >= 0.3 is 12.1 Å². The van der Waals surface area contributed by atoms with Crippen LogP contribution in [0, 0.1) is 0 Å². The average molecular weight is 251 g/mol. The Morgan fingerprint density at radius 1 is 1.39 bits per heavy atom. The molecule has 0 atom stereocenters. The van der Waals surface area contributed by atoms with E-state index in [2.05, 4.69) is 5.32 Å². The van der Waals surface area contributed by atoms with Crippen LogP contribution in [0.4, 0.5) is 10.5 Å². The zero-order valence-electron chi connectivity index (χ0n) is 10.7. The minimum atomic E-state index is -1.08. The van der Waals surface area contributed by atoms with E-state index in [9.17, 15) is 9.59 Å². The highest BCUT2D eigenvalue weighted by Crippen LogP contribution is 2.22. The Bertz CT molecular complexity index is 454. The van der Waals surface area contributed by atoms with E-state index in [1.165, 1.54) is 0 Å². The van der Waals surface area contributed by atoms with E-state index in [4.69, 9.17) is 9.84 Å². The van der Waals surface area contributed by atoms with Gasteiger partial charge in [-0.3, -0.25) is 5.32 Å². The molecule has 5 nitrogen and oxygen atoms in total. The summed E-state index contributed by atoms with van der Waals surface area (Å²) in [5, 5.41) is 11.5. The zero-order valence-corrected chi connectivity index (χ0v) is 10.7. The molecule has 1 aromatic carbocycles. The molecule has 0 bridgehead atoms. The number of carbonyl (C=O) groups excluding carboxylic acids is 1. The molecule has 1 amide bonds. The molecule has 2 N–H and O–H groups in total. The Labute approximate surface area is 106 Å². The fraction of sp³-hybridized carbons (Fsp3) is 0.385. The molecule has 0 aliphatic rings. The second-order valence-electron chi connectivity index (χ2n) is 4.11. The third-order valence-electron chi connectivity index (χ3n) is 2.45. The van der Waals surface area contributed by atoms with Crippen LogP contribution in [0.5, 0.6) is 0 Å². The lowest BCUT2D eigenvalue weighted by Crippen LogP contribution is -2.16. The van der Waals surface area contributed by atoms with Crippen molar-refractivity contribution in [2.75, 3.05) is 11.9 Å². The van der Waals surface area contributed by atoms with Gasteiger partial charge in [0.15, 0.2) is 0 Å². The number of carbonyl (C=O) groups is 2. The van der Waals surface area contributed by atoms with E-state index in [1.54, 1.807) is 25.1 Å². The van der Waals surface area contributed by atoms with Crippen LogP contribution in [0.2, 0.25) is 0 Å². The van der Waals surface area contributed by atoms with Gasteiger partial charge in [-0.2, -0.15) is 0 Å². The normalized spacial score (nSPS) is 10.2. The van der Waals surface area contributed by atoms with Crippen LogP contribution in [0.25, 0.3) is 0 Å². The van der Waals surface area contributed by atoms with Gasteiger partial charge in [0.1, 0.15) is 0 Å².